The number of carbonyl (C=O) groups excluding carboxylic acids is 1. The van der Waals surface area contributed by atoms with E-state index >= 15 is 0 Å². The molecule has 0 spiro atoms. The summed E-state index contributed by atoms with van der Waals surface area (Å²) in [5.74, 6) is 0.546. The molecule has 0 atom stereocenters. The fraction of sp³-hybridized carbons (Fsp3) is 0.286. The topological polar surface area (TPSA) is 71.9 Å². The molecule has 3 aromatic heterocycles. The molecule has 0 aliphatic carbocycles. The van der Waals surface area contributed by atoms with E-state index in [2.05, 4.69) is 32.1 Å². The molecule has 6 nitrogen and oxygen atoms in total. The van der Waals surface area contributed by atoms with E-state index in [1.165, 1.54) is 6.33 Å². The molecule has 0 radical (unpaired) electrons. The Kier molecular flexibility index (Phi) is 5.14. The second kappa shape index (κ2) is 8.03. The van der Waals surface area contributed by atoms with Gasteiger partial charge in [0, 0.05) is 66.3 Å². The average molecular weight is 359 g/mol. The molecule has 1 amide bonds. The van der Waals surface area contributed by atoms with Gasteiger partial charge in [0.25, 0.3) is 0 Å². The SMILES string of the molecule is O=C(Cc1ccccn1)N1CCC(c2ccc(-c3cncnc3)cn2)CC1. The lowest BCUT2D eigenvalue weighted by atomic mass is 9.92. The fourth-order valence-electron chi connectivity index (χ4n) is 3.46. The summed E-state index contributed by atoms with van der Waals surface area (Å²) in [6, 6.07) is 9.83. The first kappa shape index (κ1) is 17.3. The standard InChI is InChI=1S/C21H21N5O/c27-21(11-19-3-1-2-8-24-19)26-9-6-16(7-10-26)20-5-4-17(14-25-20)18-12-22-15-23-13-18/h1-5,8,12-16H,6-7,9-11H2. The summed E-state index contributed by atoms with van der Waals surface area (Å²) in [7, 11) is 0. The predicted octanol–water partition coefficient (Wildman–Crippen LogP) is 2.88. The number of rotatable bonds is 4. The van der Waals surface area contributed by atoms with Crippen LogP contribution in [0.3, 0.4) is 0 Å². The smallest absolute Gasteiger partial charge is 0.228 e. The molecule has 1 saturated heterocycles. The number of hydrogen-bond donors (Lipinski definition) is 0. The Balaban J connectivity index is 1.34. The molecular formula is C21H21N5O. The molecule has 1 aliphatic heterocycles. The highest BCUT2D eigenvalue weighted by Crippen LogP contribution is 2.28. The summed E-state index contributed by atoms with van der Waals surface area (Å²) in [5.41, 5.74) is 3.90. The lowest BCUT2D eigenvalue weighted by Crippen LogP contribution is -2.39. The summed E-state index contributed by atoms with van der Waals surface area (Å²) in [6.45, 7) is 1.54. The first-order chi connectivity index (χ1) is 13.3. The van der Waals surface area contributed by atoms with E-state index in [1.807, 2.05) is 29.3 Å². The quantitative estimate of drug-likeness (QED) is 0.716. The summed E-state index contributed by atoms with van der Waals surface area (Å²) in [6.07, 6.45) is 11.0. The molecule has 0 aromatic carbocycles. The van der Waals surface area contributed by atoms with Crippen molar-refractivity contribution in [3.05, 3.63) is 72.8 Å². The third-order valence-electron chi connectivity index (χ3n) is 5.00. The van der Waals surface area contributed by atoms with Gasteiger partial charge in [0.1, 0.15) is 6.33 Å². The van der Waals surface area contributed by atoms with Gasteiger partial charge in [0.2, 0.25) is 5.91 Å². The Morgan fingerprint density at radius 2 is 1.78 bits per heavy atom. The minimum atomic E-state index is 0.152. The fourth-order valence-corrected chi connectivity index (χ4v) is 3.46. The van der Waals surface area contributed by atoms with Crippen molar-refractivity contribution in [2.45, 2.75) is 25.2 Å². The maximum Gasteiger partial charge on any atom is 0.228 e. The molecule has 0 N–H and O–H groups in total. The van der Waals surface area contributed by atoms with Gasteiger partial charge in [-0.15, -0.1) is 0 Å². The normalized spacial score (nSPS) is 14.9. The number of amides is 1. The van der Waals surface area contributed by atoms with Crippen molar-refractivity contribution < 1.29 is 4.79 Å². The van der Waals surface area contributed by atoms with Gasteiger partial charge in [-0.1, -0.05) is 12.1 Å². The zero-order valence-corrected chi connectivity index (χ0v) is 15.0. The highest BCUT2D eigenvalue weighted by Gasteiger charge is 2.24. The van der Waals surface area contributed by atoms with Crippen LogP contribution in [0, 0.1) is 0 Å². The number of pyridine rings is 2. The molecule has 0 saturated carbocycles. The Morgan fingerprint density at radius 3 is 2.44 bits per heavy atom. The number of aromatic nitrogens is 4. The molecule has 1 fully saturated rings. The molecule has 0 bridgehead atoms. The van der Waals surface area contributed by atoms with Gasteiger partial charge in [-0.3, -0.25) is 14.8 Å². The van der Waals surface area contributed by atoms with Crippen molar-refractivity contribution >= 4 is 5.91 Å². The van der Waals surface area contributed by atoms with E-state index < -0.39 is 0 Å². The summed E-state index contributed by atoms with van der Waals surface area (Å²) in [5, 5.41) is 0. The number of hydrogen-bond acceptors (Lipinski definition) is 5. The van der Waals surface area contributed by atoms with Crippen molar-refractivity contribution in [1.82, 2.24) is 24.8 Å². The van der Waals surface area contributed by atoms with Crippen LogP contribution in [-0.4, -0.2) is 43.8 Å². The van der Waals surface area contributed by atoms with Gasteiger partial charge < -0.3 is 4.90 Å². The lowest BCUT2D eigenvalue weighted by Gasteiger charge is -2.31. The number of carbonyl (C=O) groups is 1. The lowest BCUT2D eigenvalue weighted by molar-refractivity contribution is -0.131. The summed E-state index contributed by atoms with van der Waals surface area (Å²) < 4.78 is 0. The maximum atomic E-state index is 12.5. The van der Waals surface area contributed by atoms with Gasteiger partial charge >= 0.3 is 0 Å². The Bertz CT molecular complexity index is 875. The second-order valence-electron chi connectivity index (χ2n) is 6.75. The van der Waals surface area contributed by atoms with Gasteiger partial charge in [-0.2, -0.15) is 0 Å². The van der Waals surface area contributed by atoms with E-state index in [-0.39, 0.29) is 5.91 Å². The minimum Gasteiger partial charge on any atom is -0.342 e. The van der Waals surface area contributed by atoms with E-state index in [0.29, 0.717) is 12.3 Å². The van der Waals surface area contributed by atoms with Crippen LogP contribution in [0.25, 0.3) is 11.1 Å². The molecule has 27 heavy (non-hydrogen) atoms. The average Bonchev–Trinajstić information content (AvgIpc) is 2.75. The third-order valence-corrected chi connectivity index (χ3v) is 5.00. The Hall–Kier alpha value is -3.15. The Morgan fingerprint density at radius 1 is 0.963 bits per heavy atom. The molecule has 0 unspecified atom stereocenters. The highest BCUT2D eigenvalue weighted by molar-refractivity contribution is 5.78. The molecule has 4 rings (SSSR count). The highest BCUT2D eigenvalue weighted by atomic mass is 16.2. The van der Waals surface area contributed by atoms with Crippen molar-refractivity contribution in [2.24, 2.45) is 0 Å². The predicted molar refractivity (Wildman–Crippen MR) is 102 cm³/mol. The molecule has 3 aromatic rings. The number of nitrogens with zero attached hydrogens (tertiary/aromatic N) is 5. The molecule has 6 heteroatoms. The van der Waals surface area contributed by atoms with E-state index in [9.17, 15) is 4.79 Å². The van der Waals surface area contributed by atoms with Gasteiger partial charge in [0.15, 0.2) is 0 Å². The first-order valence-corrected chi connectivity index (χ1v) is 9.18. The maximum absolute atomic E-state index is 12.5. The van der Waals surface area contributed by atoms with Gasteiger partial charge in [0.05, 0.1) is 6.42 Å². The van der Waals surface area contributed by atoms with Crippen LogP contribution in [0.5, 0.6) is 0 Å². The second-order valence-corrected chi connectivity index (χ2v) is 6.75. The molecule has 4 heterocycles. The van der Waals surface area contributed by atoms with Crippen molar-refractivity contribution in [3.63, 3.8) is 0 Å². The van der Waals surface area contributed by atoms with Crippen LogP contribution in [-0.2, 0) is 11.2 Å². The Labute approximate surface area is 158 Å². The van der Waals surface area contributed by atoms with Crippen LogP contribution < -0.4 is 0 Å². The monoisotopic (exact) mass is 359 g/mol. The van der Waals surface area contributed by atoms with Gasteiger partial charge in [-0.25, -0.2) is 9.97 Å². The van der Waals surface area contributed by atoms with Crippen LogP contribution in [0.2, 0.25) is 0 Å². The minimum absolute atomic E-state index is 0.152. The molecular weight excluding hydrogens is 338 g/mol. The van der Waals surface area contributed by atoms with E-state index in [1.54, 1.807) is 18.6 Å². The van der Waals surface area contributed by atoms with Crippen molar-refractivity contribution in [2.75, 3.05) is 13.1 Å². The van der Waals surface area contributed by atoms with Crippen LogP contribution in [0.15, 0.2) is 61.4 Å². The van der Waals surface area contributed by atoms with Crippen LogP contribution in [0.1, 0.15) is 30.1 Å². The summed E-state index contributed by atoms with van der Waals surface area (Å²) in [4.78, 5) is 31.4. The molecule has 1 aliphatic rings. The number of piperidine rings is 1. The van der Waals surface area contributed by atoms with Crippen molar-refractivity contribution in [3.8, 4) is 11.1 Å². The van der Waals surface area contributed by atoms with E-state index in [0.717, 1.165) is 48.4 Å². The third kappa shape index (κ3) is 4.16. The zero-order valence-electron chi connectivity index (χ0n) is 15.0. The van der Waals surface area contributed by atoms with Crippen LogP contribution >= 0.6 is 0 Å². The van der Waals surface area contributed by atoms with Crippen molar-refractivity contribution in [1.29, 1.82) is 0 Å². The van der Waals surface area contributed by atoms with Crippen LogP contribution in [0.4, 0.5) is 0 Å². The molecule has 136 valence electrons. The van der Waals surface area contributed by atoms with E-state index in [4.69, 9.17) is 0 Å². The largest absolute Gasteiger partial charge is 0.342 e. The number of likely N-dealkylation sites (tertiary alicyclic amines) is 1. The van der Waals surface area contributed by atoms with Gasteiger partial charge in [-0.05, 0) is 31.0 Å². The zero-order chi connectivity index (χ0) is 18.5. The summed E-state index contributed by atoms with van der Waals surface area (Å²) >= 11 is 0. The first-order valence-electron chi connectivity index (χ1n) is 9.18.